The van der Waals surface area contributed by atoms with Crippen LogP contribution in [0.25, 0.3) is 0 Å². The Hall–Kier alpha value is -3.18. The van der Waals surface area contributed by atoms with Gasteiger partial charge in [-0.25, -0.2) is 0 Å². The van der Waals surface area contributed by atoms with Crippen LogP contribution in [0, 0.1) is 6.92 Å². The minimum atomic E-state index is -0.387. The van der Waals surface area contributed by atoms with Crippen molar-refractivity contribution < 1.29 is 9.53 Å². The Balaban J connectivity index is 1.63. The molecule has 0 spiro atoms. The third-order valence-electron chi connectivity index (χ3n) is 6.25. The molecule has 0 N–H and O–H groups in total. The Morgan fingerprint density at radius 3 is 2.19 bits per heavy atom. The molecule has 0 amide bonds. The third kappa shape index (κ3) is 5.00. The van der Waals surface area contributed by atoms with Crippen molar-refractivity contribution >= 4 is 5.97 Å². The lowest BCUT2D eigenvalue weighted by Gasteiger charge is -2.20. The van der Waals surface area contributed by atoms with E-state index in [1.807, 2.05) is 19.1 Å². The summed E-state index contributed by atoms with van der Waals surface area (Å²) >= 11 is 0. The number of hydrogen-bond acceptors (Lipinski definition) is 4. The van der Waals surface area contributed by atoms with Crippen LogP contribution in [0.2, 0.25) is 0 Å². The quantitative estimate of drug-likeness (QED) is 0.530. The van der Waals surface area contributed by atoms with Crippen LogP contribution in [0.5, 0.6) is 0 Å². The number of aromatic nitrogens is 1. The summed E-state index contributed by atoms with van der Waals surface area (Å²) in [5.74, 6) is 0.131. The average molecular weight is 431 g/mol. The molecule has 0 bridgehead atoms. The Bertz CT molecular complexity index is 1110. The lowest BCUT2D eigenvalue weighted by molar-refractivity contribution is -0.143. The van der Waals surface area contributed by atoms with Crippen LogP contribution in [-0.2, 0) is 22.6 Å². The first-order chi connectivity index (χ1) is 15.5. The number of benzene rings is 2. The SMILES string of the molecule is CCOC(=O)Cn1c(C)cc([C@H]2CN(Cc3ccccc3)C[C@H]2c2ccccc2)cc1=O. The highest BCUT2D eigenvalue weighted by Gasteiger charge is 2.35. The minimum Gasteiger partial charge on any atom is -0.465 e. The maximum Gasteiger partial charge on any atom is 0.326 e. The number of carbonyl (C=O) groups is 1. The molecule has 2 atom stereocenters. The summed E-state index contributed by atoms with van der Waals surface area (Å²) in [6.07, 6.45) is 0. The Labute approximate surface area is 189 Å². The van der Waals surface area contributed by atoms with Gasteiger partial charge in [-0.3, -0.25) is 14.5 Å². The molecule has 0 unspecified atom stereocenters. The van der Waals surface area contributed by atoms with Crippen molar-refractivity contribution in [1.82, 2.24) is 9.47 Å². The summed E-state index contributed by atoms with van der Waals surface area (Å²) in [5.41, 5.74) is 4.26. The summed E-state index contributed by atoms with van der Waals surface area (Å²) in [6.45, 7) is 6.62. The van der Waals surface area contributed by atoms with Gasteiger partial charge in [0.1, 0.15) is 6.54 Å². The van der Waals surface area contributed by atoms with Crippen molar-refractivity contribution in [3.05, 3.63) is 106 Å². The summed E-state index contributed by atoms with van der Waals surface area (Å²) in [4.78, 5) is 27.3. The topological polar surface area (TPSA) is 51.5 Å². The molecule has 166 valence electrons. The molecule has 0 saturated carbocycles. The van der Waals surface area contributed by atoms with Gasteiger partial charge in [-0.05, 0) is 36.6 Å². The van der Waals surface area contributed by atoms with Gasteiger partial charge in [-0.1, -0.05) is 60.7 Å². The van der Waals surface area contributed by atoms with Crippen molar-refractivity contribution in [2.75, 3.05) is 19.7 Å². The highest BCUT2D eigenvalue weighted by molar-refractivity contribution is 5.69. The molecule has 1 aliphatic rings. The van der Waals surface area contributed by atoms with Gasteiger partial charge in [0, 0.05) is 43.2 Å². The number of nitrogens with zero attached hydrogens (tertiary/aromatic N) is 2. The van der Waals surface area contributed by atoms with Crippen molar-refractivity contribution in [1.29, 1.82) is 0 Å². The Morgan fingerprint density at radius 2 is 1.56 bits per heavy atom. The summed E-state index contributed by atoms with van der Waals surface area (Å²) in [7, 11) is 0. The van der Waals surface area contributed by atoms with Gasteiger partial charge in [0.25, 0.3) is 5.56 Å². The summed E-state index contributed by atoms with van der Waals surface area (Å²) < 4.78 is 6.52. The third-order valence-corrected chi connectivity index (χ3v) is 6.25. The normalized spacial score (nSPS) is 18.6. The smallest absolute Gasteiger partial charge is 0.326 e. The van der Waals surface area contributed by atoms with Crippen LogP contribution in [-0.4, -0.2) is 35.1 Å². The largest absolute Gasteiger partial charge is 0.465 e. The van der Waals surface area contributed by atoms with E-state index in [0.29, 0.717) is 12.5 Å². The highest BCUT2D eigenvalue weighted by atomic mass is 16.5. The second-order valence-corrected chi connectivity index (χ2v) is 8.46. The molecule has 5 nitrogen and oxygen atoms in total. The average Bonchev–Trinajstić information content (AvgIpc) is 3.21. The Kier molecular flexibility index (Phi) is 6.86. The summed E-state index contributed by atoms with van der Waals surface area (Å²) in [6, 6.07) is 24.8. The van der Waals surface area contributed by atoms with Crippen molar-refractivity contribution in [2.24, 2.45) is 0 Å². The number of esters is 1. The van der Waals surface area contributed by atoms with E-state index >= 15 is 0 Å². The van der Waals surface area contributed by atoms with Gasteiger partial charge in [-0.2, -0.15) is 0 Å². The van der Waals surface area contributed by atoms with E-state index in [9.17, 15) is 9.59 Å². The maximum absolute atomic E-state index is 12.9. The molecule has 3 aromatic rings. The zero-order valence-corrected chi connectivity index (χ0v) is 18.7. The fourth-order valence-electron chi connectivity index (χ4n) is 4.74. The van der Waals surface area contributed by atoms with E-state index in [1.165, 1.54) is 15.7 Å². The molecule has 2 heterocycles. The fraction of sp³-hybridized carbons (Fsp3) is 0.333. The molecule has 2 aromatic carbocycles. The maximum atomic E-state index is 12.9. The second-order valence-electron chi connectivity index (χ2n) is 8.46. The van der Waals surface area contributed by atoms with Crippen LogP contribution in [0.4, 0.5) is 0 Å². The first-order valence-corrected chi connectivity index (χ1v) is 11.2. The van der Waals surface area contributed by atoms with Crippen LogP contribution < -0.4 is 5.56 Å². The molecular formula is C27H30N2O3. The van der Waals surface area contributed by atoms with Crippen LogP contribution >= 0.6 is 0 Å². The van der Waals surface area contributed by atoms with Crippen molar-refractivity contribution in [2.45, 2.75) is 38.8 Å². The lowest BCUT2D eigenvalue weighted by atomic mass is 9.84. The molecule has 0 radical (unpaired) electrons. The van der Waals surface area contributed by atoms with Gasteiger partial charge < -0.3 is 9.30 Å². The van der Waals surface area contributed by atoms with E-state index < -0.39 is 0 Å². The molecule has 5 heteroatoms. The predicted octanol–water partition coefficient (Wildman–Crippen LogP) is 4.10. The van der Waals surface area contributed by atoms with E-state index in [0.717, 1.165) is 30.9 Å². The molecule has 1 aromatic heterocycles. The zero-order chi connectivity index (χ0) is 22.5. The highest BCUT2D eigenvalue weighted by Crippen LogP contribution is 2.40. The lowest BCUT2D eigenvalue weighted by Crippen LogP contribution is -2.28. The van der Waals surface area contributed by atoms with Crippen LogP contribution in [0.3, 0.4) is 0 Å². The Morgan fingerprint density at radius 1 is 0.938 bits per heavy atom. The number of rotatable bonds is 7. The molecule has 0 aliphatic carbocycles. The number of hydrogen-bond donors (Lipinski definition) is 0. The summed E-state index contributed by atoms with van der Waals surface area (Å²) in [5, 5.41) is 0. The molecule has 1 saturated heterocycles. The first kappa shape index (κ1) is 22.0. The first-order valence-electron chi connectivity index (χ1n) is 11.2. The second kappa shape index (κ2) is 9.96. The van der Waals surface area contributed by atoms with Crippen LogP contribution in [0.1, 0.15) is 41.1 Å². The molecule has 1 fully saturated rings. The van der Waals surface area contributed by atoms with Gasteiger partial charge in [-0.15, -0.1) is 0 Å². The van der Waals surface area contributed by atoms with E-state index in [4.69, 9.17) is 4.74 Å². The van der Waals surface area contributed by atoms with Gasteiger partial charge in [0.05, 0.1) is 6.61 Å². The number of likely N-dealkylation sites (tertiary alicyclic amines) is 1. The van der Waals surface area contributed by atoms with Gasteiger partial charge in [0.2, 0.25) is 0 Å². The van der Waals surface area contributed by atoms with Crippen molar-refractivity contribution in [3.8, 4) is 0 Å². The zero-order valence-electron chi connectivity index (χ0n) is 18.7. The van der Waals surface area contributed by atoms with Gasteiger partial charge in [0.15, 0.2) is 0 Å². The van der Waals surface area contributed by atoms with E-state index in [1.54, 1.807) is 13.0 Å². The fourth-order valence-corrected chi connectivity index (χ4v) is 4.74. The molecule has 4 rings (SSSR count). The number of carbonyl (C=O) groups excluding carboxylic acids is 1. The number of ether oxygens (including phenoxy) is 1. The molecule has 32 heavy (non-hydrogen) atoms. The standard InChI is InChI=1S/C27H30N2O3/c1-3-32-27(31)19-29-20(2)14-23(15-26(29)30)25-18-28(16-21-10-6-4-7-11-21)17-24(25)22-12-8-5-9-13-22/h4-15,24-25H,3,16-19H2,1-2H3/t24-,25+/m0/s1. The predicted molar refractivity (Wildman–Crippen MR) is 126 cm³/mol. The molecule has 1 aliphatic heterocycles. The van der Waals surface area contributed by atoms with E-state index in [2.05, 4.69) is 59.5 Å². The number of aryl methyl sites for hydroxylation is 1. The minimum absolute atomic E-state index is 0.0499. The van der Waals surface area contributed by atoms with Crippen LogP contribution in [0.15, 0.2) is 77.6 Å². The molecular weight excluding hydrogens is 400 g/mol. The van der Waals surface area contributed by atoms with E-state index in [-0.39, 0.29) is 24.0 Å². The number of pyridine rings is 1. The van der Waals surface area contributed by atoms with Crippen molar-refractivity contribution in [3.63, 3.8) is 0 Å². The van der Waals surface area contributed by atoms with Gasteiger partial charge >= 0.3 is 5.97 Å². The monoisotopic (exact) mass is 430 g/mol.